The summed E-state index contributed by atoms with van der Waals surface area (Å²) in [5.41, 5.74) is -1.20. The summed E-state index contributed by atoms with van der Waals surface area (Å²) in [7, 11) is 0. The summed E-state index contributed by atoms with van der Waals surface area (Å²) in [5.74, 6) is 0. The Labute approximate surface area is 62.0 Å². The third-order valence-corrected chi connectivity index (χ3v) is 1.70. The summed E-state index contributed by atoms with van der Waals surface area (Å²) in [4.78, 5) is 0. The van der Waals surface area contributed by atoms with Crippen LogP contribution >= 0.6 is 0 Å². The summed E-state index contributed by atoms with van der Waals surface area (Å²) in [6, 6.07) is 0. The molecule has 2 nitrogen and oxygen atoms in total. The molecule has 0 atom stereocenters. The fourth-order valence-corrected chi connectivity index (χ4v) is 1.30. The van der Waals surface area contributed by atoms with E-state index in [9.17, 15) is 13.2 Å². The molecule has 0 aromatic rings. The standard InChI is InChI=1S/C6H9F3O2/c1-5(2-4(10)3-5)11-6(7,8)9/h4,10H,2-3H2,1H3. The third kappa shape index (κ3) is 2.34. The van der Waals surface area contributed by atoms with Crippen molar-refractivity contribution in [3.8, 4) is 0 Å². The van der Waals surface area contributed by atoms with E-state index in [1.807, 2.05) is 0 Å². The quantitative estimate of drug-likeness (QED) is 0.645. The number of hydrogen-bond acceptors (Lipinski definition) is 2. The number of halogens is 3. The van der Waals surface area contributed by atoms with Crippen molar-refractivity contribution in [1.29, 1.82) is 0 Å². The molecular weight excluding hydrogens is 161 g/mol. The molecule has 0 aromatic carbocycles. The molecule has 1 aliphatic rings. The molecule has 66 valence electrons. The van der Waals surface area contributed by atoms with Gasteiger partial charge in [-0.1, -0.05) is 0 Å². The highest BCUT2D eigenvalue weighted by atomic mass is 19.4. The van der Waals surface area contributed by atoms with Crippen molar-refractivity contribution in [1.82, 2.24) is 0 Å². The van der Waals surface area contributed by atoms with Crippen LogP contribution < -0.4 is 0 Å². The van der Waals surface area contributed by atoms with Gasteiger partial charge in [0.2, 0.25) is 0 Å². The van der Waals surface area contributed by atoms with Crippen LogP contribution in [0.25, 0.3) is 0 Å². The molecule has 0 spiro atoms. The van der Waals surface area contributed by atoms with Crippen molar-refractivity contribution in [2.45, 2.75) is 37.8 Å². The van der Waals surface area contributed by atoms with Crippen molar-refractivity contribution >= 4 is 0 Å². The highest BCUT2D eigenvalue weighted by Gasteiger charge is 2.48. The molecule has 0 aromatic heterocycles. The van der Waals surface area contributed by atoms with Crippen molar-refractivity contribution in [3.63, 3.8) is 0 Å². The van der Waals surface area contributed by atoms with Gasteiger partial charge in [-0.3, -0.25) is 4.74 Å². The van der Waals surface area contributed by atoms with E-state index in [1.165, 1.54) is 6.92 Å². The zero-order valence-corrected chi connectivity index (χ0v) is 5.98. The minimum absolute atomic E-state index is 0.0620. The van der Waals surface area contributed by atoms with E-state index in [4.69, 9.17) is 5.11 Å². The summed E-state index contributed by atoms with van der Waals surface area (Å²) < 4.78 is 38.6. The van der Waals surface area contributed by atoms with E-state index in [-0.39, 0.29) is 12.8 Å². The fraction of sp³-hybridized carbons (Fsp3) is 1.00. The lowest BCUT2D eigenvalue weighted by Gasteiger charge is -2.42. The number of aliphatic hydroxyl groups excluding tert-OH is 1. The van der Waals surface area contributed by atoms with Gasteiger partial charge in [0.15, 0.2) is 0 Å². The van der Waals surface area contributed by atoms with E-state index in [0.717, 1.165) is 0 Å². The molecule has 1 saturated carbocycles. The third-order valence-electron chi connectivity index (χ3n) is 1.70. The Kier molecular flexibility index (Phi) is 1.88. The molecule has 0 aliphatic heterocycles. The Morgan fingerprint density at radius 1 is 1.45 bits per heavy atom. The van der Waals surface area contributed by atoms with Crippen molar-refractivity contribution in [2.24, 2.45) is 0 Å². The van der Waals surface area contributed by atoms with E-state index in [2.05, 4.69) is 4.74 Å². The minimum Gasteiger partial charge on any atom is -0.393 e. The summed E-state index contributed by atoms with van der Waals surface area (Å²) in [6.45, 7) is 1.34. The van der Waals surface area contributed by atoms with Crippen molar-refractivity contribution in [3.05, 3.63) is 0 Å². The molecule has 1 aliphatic carbocycles. The van der Waals surface area contributed by atoms with E-state index < -0.39 is 18.1 Å². The van der Waals surface area contributed by atoms with Gasteiger partial charge in [-0.25, -0.2) is 0 Å². The van der Waals surface area contributed by atoms with Crippen LogP contribution in [-0.4, -0.2) is 23.2 Å². The van der Waals surface area contributed by atoms with E-state index >= 15 is 0 Å². The predicted molar refractivity (Wildman–Crippen MR) is 30.8 cm³/mol. The van der Waals surface area contributed by atoms with Crippen LogP contribution in [0.3, 0.4) is 0 Å². The lowest BCUT2D eigenvalue weighted by atomic mass is 9.79. The second-order valence-electron chi connectivity index (χ2n) is 3.06. The zero-order chi connectivity index (χ0) is 8.70. The Morgan fingerprint density at radius 3 is 2.18 bits per heavy atom. The van der Waals surface area contributed by atoms with Gasteiger partial charge in [0.1, 0.15) is 0 Å². The molecule has 1 N–H and O–H groups in total. The average Bonchev–Trinajstić information content (AvgIpc) is 1.53. The second kappa shape index (κ2) is 2.35. The van der Waals surface area contributed by atoms with Crippen LogP contribution in [0.2, 0.25) is 0 Å². The van der Waals surface area contributed by atoms with Crippen LogP contribution in [0.1, 0.15) is 19.8 Å². The topological polar surface area (TPSA) is 29.5 Å². The number of hydrogen-bond donors (Lipinski definition) is 1. The summed E-state index contributed by atoms with van der Waals surface area (Å²) in [6.07, 6.45) is -5.10. The molecule has 0 radical (unpaired) electrons. The van der Waals surface area contributed by atoms with Crippen LogP contribution in [0.5, 0.6) is 0 Å². The molecule has 11 heavy (non-hydrogen) atoms. The molecule has 0 amide bonds. The molecule has 1 rings (SSSR count). The molecule has 0 bridgehead atoms. The molecular formula is C6H9F3O2. The number of ether oxygens (including phenoxy) is 1. The molecule has 0 heterocycles. The lowest BCUT2D eigenvalue weighted by molar-refractivity contribution is -0.382. The first-order chi connectivity index (χ1) is 4.81. The normalized spacial score (nSPS) is 38.5. The monoisotopic (exact) mass is 170 g/mol. The van der Waals surface area contributed by atoms with Gasteiger partial charge in [-0.2, -0.15) is 0 Å². The van der Waals surface area contributed by atoms with Gasteiger partial charge < -0.3 is 5.11 Å². The number of rotatable bonds is 1. The van der Waals surface area contributed by atoms with E-state index in [1.54, 1.807) is 0 Å². The molecule has 1 fully saturated rings. The first kappa shape index (κ1) is 8.80. The number of aliphatic hydroxyl groups is 1. The first-order valence-electron chi connectivity index (χ1n) is 3.26. The molecule has 5 heteroatoms. The highest BCUT2D eigenvalue weighted by molar-refractivity contribution is 4.92. The Balaban J connectivity index is 2.38. The van der Waals surface area contributed by atoms with Gasteiger partial charge >= 0.3 is 6.36 Å². The van der Waals surface area contributed by atoms with Gasteiger partial charge in [0.25, 0.3) is 0 Å². The van der Waals surface area contributed by atoms with Gasteiger partial charge in [0.05, 0.1) is 11.7 Å². The highest BCUT2D eigenvalue weighted by Crippen LogP contribution is 2.39. The summed E-state index contributed by atoms with van der Waals surface area (Å²) >= 11 is 0. The van der Waals surface area contributed by atoms with Crippen molar-refractivity contribution < 1.29 is 23.0 Å². The van der Waals surface area contributed by atoms with Crippen LogP contribution in [0.15, 0.2) is 0 Å². The maximum Gasteiger partial charge on any atom is 0.523 e. The Bertz CT molecular complexity index is 148. The Hall–Kier alpha value is -0.290. The molecule has 0 unspecified atom stereocenters. The molecule has 0 saturated heterocycles. The van der Waals surface area contributed by atoms with Crippen molar-refractivity contribution in [2.75, 3.05) is 0 Å². The lowest BCUT2D eigenvalue weighted by Crippen LogP contribution is -2.49. The fourth-order valence-electron chi connectivity index (χ4n) is 1.30. The number of alkyl halides is 3. The predicted octanol–water partition coefficient (Wildman–Crippen LogP) is 1.44. The van der Waals surface area contributed by atoms with Gasteiger partial charge in [-0.05, 0) is 6.92 Å². The second-order valence-corrected chi connectivity index (χ2v) is 3.06. The summed E-state index contributed by atoms with van der Waals surface area (Å²) in [5, 5.41) is 8.73. The van der Waals surface area contributed by atoms with Crippen LogP contribution in [0, 0.1) is 0 Å². The maximum absolute atomic E-state index is 11.6. The maximum atomic E-state index is 11.6. The average molecular weight is 170 g/mol. The van der Waals surface area contributed by atoms with Gasteiger partial charge in [-0.15, -0.1) is 13.2 Å². The smallest absolute Gasteiger partial charge is 0.393 e. The van der Waals surface area contributed by atoms with Gasteiger partial charge in [0, 0.05) is 12.8 Å². The Morgan fingerprint density at radius 2 is 1.91 bits per heavy atom. The minimum atomic E-state index is -4.59. The SMILES string of the molecule is CC1(OC(F)(F)F)CC(O)C1. The largest absolute Gasteiger partial charge is 0.523 e. The first-order valence-corrected chi connectivity index (χ1v) is 3.26. The van der Waals surface area contributed by atoms with Crippen LogP contribution in [0.4, 0.5) is 13.2 Å². The van der Waals surface area contributed by atoms with Crippen LogP contribution in [-0.2, 0) is 4.74 Å². The zero-order valence-electron chi connectivity index (χ0n) is 5.98. The van der Waals surface area contributed by atoms with E-state index in [0.29, 0.717) is 0 Å².